The lowest BCUT2D eigenvalue weighted by atomic mass is 10.0. The molecule has 174 valence electrons. The maximum Gasteiger partial charge on any atom is 0.238 e. The summed E-state index contributed by atoms with van der Waals surface area (Å²) in [5.74, 6) is -0.296. The van der Waals surface area contributed by atoms with Crippen molar-refractivity contribution >= 4 is 34.9 Å². The Hall–Kier alpha value is -2.74. The van der Waals surface area contributed by atoms with E-state index in [-0.39, 0.29) is 30.2 Å². The first-order valence-corrected chi connectivity index (χ1v) is 11.7. The molecule has 0 spiro atoms. The van der Waals surface area contributed by atoms with Gasteiger partial charge in [-0.1, -0.05) is 41.9 Å². The van der Waals surface area contributed by atoms with Gasteiger partial charge in [0.25, 0.3) is 0 Å². The molecule has 2 aliphatic rings. The van der Waals surface area contributed by atoms with Gasteiger partial charge in [0.2, 0.25) is 11.8 Å². The molecule has 0 aromatic heterocycles. The van der Waals surface area contributed by atoms with Gasteiger partial charge in [0.05, 0.1) is 18.3 Å². The van der Waals surface area contributed by atoms with E-state index in [1.807, 2.05) is 13.0 Å². The number of rotatable bonds is 8. The molecular weight excluding hydrogens is 440 g/mol. The SMILES string of the molecule is CC(C(=O)NC1CC1)N1CCN(CC(=O)Nc2ccc(Cl)cc2C(=O)c2ccccc2)CC1. The van der Waals surface area contributed by atoms with Crippen LogP contribution in [0, 0.1) is 0 Å². The topological polar surface area (TPSA) is 81.8 Å². The molecule has 1 saturated carbocycles. The highest BCUT2D eigenvalue weighted by Crippen LogP contribution is 2.24. The Morgan fingerprint density at radius 3 is 2.39 bits per heavy atom. The van der Waals surface area contributed by atoms with Crippen molar-refractivity contribution in [3.8, 4) is 0 Å². The molecule has 0 radical (unpaired) electrons. The summed E-state index contributed by atoms with van der Waals surface area (Å²) in [5.41, 5.74) is 1.34. The van der Waals surface area contributed by atoms with E-state index in [0.29, 0.717) is 41.0 Å². The second kappa shape index (κ2) is 10.5. The van der Waals surface area contributed by atoms with E-state index in [1.165, 1.54) is 0 Å². The van der Waals surface area contributed by atoms with Gasteiger partial charge in [-0.2, -0.15) is 0 Å². The second-order valence-electron chi connectivity index (χ2n) is 8.70. The van der Waals surface area contributed by atoms with Crippen LogP contribution in [0.5, 0.6) is 0 Å². The van der Waals surface area contributed by atoms with E-state index in [4.69, 9.17) is 11.6 Å². The molecule has 0 bridgehead atoms. The number of benzene rings is 2. The number of amides is 2. The van der Waals surface area contributed by atoms with Crippen molar-refractivity contribution in [2.75, 3.05) is 38.0 Å². The van der Waals surface area contributed by atoms with Gasteiger partial charge in [0, 0.05) is 48.4 Å². The number of nitrogens with one attached hydrogen (secondary N) is 2. The zero-order chi connectivity index (χ0) is 23.4. The molecular formula is C25H29ClN4O3. The summed E-state index contributed by atoms with van der Waals surface area (Å²) in [6.45, 7) is 5.01. The molecule has 2 amide bonds. The van der Waals surface area contributed by atoms with Crippen LogP contribution in [0.4, 0.5) is 5.69 Å². The molecule has 2 aromatic carbocycles. The van der Waals surface area contributed by atoms with Crippen molar-refractivity contribution in [2.24, 2.45) is 0 Å². The summed E-state index contributed by atoms with van der Waals surface area (Å²) >= 11 is 6.13. The van der Waals surface area contributed by atoms with E-state index in [2.05, 4.69) is 20.4 Å². The van der Waals surface area contributed by atoms with Crippen molar-refractivity contribution in [1.29, 1.82) is 0 Å². The predicted molar refractivity (Wildman–Crippen MR) is 129 cm³/mol. The van der Waals surface area contributed by atoms with Crippen molar-refractivity contribution < 1.29 is 14.4 Å². The van der Waals surface area contributed by atoms with Gasteiger partial charge in [0.15, 0.2) is 5.78 Å². The lowest BCUT2D eigenvalue weighted by molar-refractivity contribution is -0.127. The lowest BCUT2D eigenvalue weighted by Crippen LogP contribution is -2.55. The number of nitrogens with zero attached hydrogens (tertiary/aromatic N) is 2. The number of halogens is 1. The average molecular weight is 469 g/mol. The Morgan fingerprint density at radius 1 is 1.03 bits per heavy atom. The Kier molecular flexibility index (Phi) is 7.42. The first kappa shape index (κ1) is 23.4. The van der Waals surface area contributed by atoms with Crippen molar-refractivity contribution in [3.05, 3.63) is 64.7 Å². The van der Waals surface area contributed by atoms with Gasteiger partial charge in [-0.05, 0) is 38.0 Å². The number of hydrogen-bond donors (Lipinski definition) is 2. The van der Waals surface area contributed by atoms with Crippen LogP contribution in [0.1, 0.15) is 35.7 Å². The minimum absolute atomic E-state index is 0.0852. The normalized spacial score (nSPS) is 17.9. The fourth-order valence-electron chi connectivity index (χ4n) is 3.98. The van der Waals surface area contributed by atoms with Crippen LogP contribution in [-0.4, -0.2) is 72.2 Å². The molecule has 1 unspecified atom stereocenters. The van der Waals surface area contributed by atoms with Crippen molar-refractivity contribution in [3.63, 3.8) is 0 Å². The van der Waals surface area contributed by atoms with E-state index >= 15 is 0 Å². The Balaban J connectivity index is 1.32. The van der Waals surface area contributed by atoms with Gasteiger partial charge < -0.3 is 10.6 Å². The Morgan fingerprint density at radius 2 is 1.73 bits per heavy atom. The molecule has 2 N–H and O–H groups in total. The predicted octanol–water partition coefficient (Wildman–Crippen LogP) is 2.79. The van der Waals surface area contributed by atoms with E-state index < -0.39 is 0 Å². The summed E-state index contributed by atoms with van der Waals surface area (Å²) in [5, 5.41) is 6.37. The van der Waals surface area contributed by atoms with Gasteiger partial charge in [0.1, 0.15) is 0 Å². The van der Waals surface area contributed by atoms with Crippen LogP contribution in [-0.2, 0) is 9.59 Å². The van der Waals surface area contributed by atoms with Crippen LogP contribution in [0.25, 0.3) is 0 Å². The van der Waals surface area contributed by atoms with Gasteiger partial charge in [-0.15, -0.1) is 0 Å². The fraction of sp³-hybridized carbons (Fsp3) is 0.400. The molecule has 1 atom stereocenters. The molecule has 2 aromatic rings. The fourth-order valence-corrected chi connectivity index (χ4v) is 4.15. The first-order chi connectivity index (χ1) is 15.9. The molecule has 8 heteroatoms. The van der Waals surface area contributed by atoms with Crippen LogP contribution >= 0.6 is 11.6 Å². The zero-order valence-electron chi connectivity index (χ0n) is 18.7. The summed E-state index contributed by atoms with van der Waals surface area (Å²) < 4.78 is 0. The molecule has 2 fully saturated rings. The van der Waals surface area contributed by atoms with Gasteiger partial charge in [-0.3, -0.25) is 24.2 Å². The third-order valence-corrected chi connectivity index (χ3v) is 6.40. The van der Waals surface area contributed by atoms with E-state index in [9.17, 15) is 14.4 Å². The molecule has 1 aliphatic carbocycles. The number of piperazine rings is 1. The highest BCUT2D eigenvalue weighted by atomic mass is 35.5. The third-order valence-electron chi connectivity index (χ3n) is 6.16. The molecule has 4 rings (SSSR count). The number of carbonyl (C=O) groups is 3. The van der Waals surface area contributed by atoms with Crippen LogP contribution in [0.2, 0.25) is 5.02 Å². The standard InChI is InChI=1S/C25H29ClN4O3/c1-17(25(33)27-20-8-9-20)30-13-11-29(12-14-30)16-23(31)28-22-10-7-19(26)15-21(22)24(32)18-5-3-2-4-6-18/h2-7,10,15,17,20H,8-9,11-14,16H2,1H3,(H,27,33)(H,28,31). The molecule has 1 heterocycles. The number of hydrogen-bond acceptors (Lipinski definition) is 5. The maximum atomic E-state index is 13.0. The maximum absolute atomic E-state index is 13.0. The average Bonchev–Trinajstić information content (AvgIpc) is 3.64. The number of carbonyl (C=O) groups excluding carboxylic acids is 3. The summed E-state index contributed by atoms with van der Waals surface area (Å²) in [6, 6.07) is 14.0. The highest BCUT2D eigenvalue weighted by Gasteiger charge is 2.30. The first-order valence-electron chi connectivity index (χ1n) is 11.4. The quantitative estimate of drug-likeness (QED) is 0.582. The highest BCUT2D eigenvalue weighted by molar-refractivity contribution is 6.31. The second-order valence-corrected chi connectivity index (χ2v) is 9.14. The smallest absolute Gasteiger partial charge is 0.238 e. The van der Waals surface area contributed by atoms with E-state index in [1.54, 1.807) is 42.5 Å². The number of ketones is 1. The van der Waals surface area contributed by atoms with Crippen LogP contribution in [0.3, 0.4) is 0 Å². The van der Waals surface area contributed by atoms with E-state index in [0.717, 1.165) is 25.9 Å². The van der Waals surface area contributed by atoms with Crippen molar-refractivity contribution in [2.45, 2.75) is 31.8 Å². The minimum Gasteiger partial charge on any atom is -0.352 e. The Labute approximate surface area is 199 Å². The van der Waals surface area contributed by atoms with Gasteiger partial charge >= 0.3 is 0 Å². The third kappa shape index (κ3) is 6.19. The molecule has 1 saturated heterocycles. The minimum atomic E-state index is -0.194. The summed E-state index contributed by atoms with van der Waals surface area (Å²) in [4.78, 5) is 42.2. The summed E-state index contributed by atoms with van der Waals surface area (Å²) in [6.07, 6.45) is 2.15. The molecule has 1 aliphatic heterocycles. The summed E-state index contributed by atoms with van der Waals surface area (Å²) in [7, 11) is 0. The van der Waals surface area contributed by atoms with Crippen LogP contribution in [0.15, 0.2) is 48.5 Å². The Bertz CT molecular complexity index is 1020. The number of anilines is 1. The lowest BCUT2D eigenvalue weighted by Gasteiger charge is -2.37. The van der Waals surface area contributed by atoms with Crippen LogP contribution < -0.4 is 10.6 Å². The molecule has 7 nitrogen and oxygen atoms in total. The largest absolute Gasteiger partial charge is 0.352 e. The van der Waals surface area contributed by atoms with Crippen molar-refractivity contribution in [1.82, 2.24) is 15.1 Å². The molecule has 33 heavy (non-hydrogen) atoms. The van der Waals surface area contributed by atoms with Gasteiger partial charge in [-0.25, -0.2) is 0 Å². The zero-order valence-corrected chi connectivity index (χ0v) is 19.5. The monoisotopic (exact) mass is 468 g/mol.